The van der Waals surface area contributed by atoms with Crippen LogP contribution in [0.2, 0.25) is 0 Å². The lowest BCUT2D eigenvalue weighted by molar-refractivity contribution is -0.154. The molecule has 1 aliphatic heterocycles. The van der Waals surface area contributed by atoms with E-state index >= 15 is 0 Å². The SMILES string of the molecule is O=C(O)C1CN(C(=O)c2cccc(-n3cnnn3)c2)CCO1. The first-order valence-electron chi connectivity index (χ1n) is 6.62. The Balaban J connectivity index is 1.80. The second kappa shape index (κ2) is 5.90. The van der Waals surface area contributed by atoms with E-state index in [0.717, 1.165) is 0 Å². The predicted molar refractivity (Wildman–Crippen MR) is 72.4 cm³/mol. The van der Waals surface area contributed by atoms with Crippen LogP contribution in [0, 0.1) is 0 Å². The molecule has 0 aliphatic carbocycles. The Kier molecular flexibility index (Phi) is 3.79. The molecule has 1 N–H and O–H groups in total. The van der Waals surface area contributed by atoms with Gasteiger partial charge in [0, 0.05) is 12.1 Å². The second-order valence-electron chi connectivity index (χ2n) is 4.75. The summed E-state index contributed by atoms with van der Waals surface area (Å²) in [7, 11) is 0. The number of carbonyl (C=O) groups is 2. The fraction of sp³-hybridized carbons (Fsp3) is 0.308. The number of morpholine rings is 1. The van der Waals surface area contributed by atoms with Gasteiger partial charge in [-0.05, 0) is 28.6 Å². The normalized spacial score (nSPS) is 18.2. The molecular weight excluding hydrogens is 290 g/mol. The molecule has 2 heterocycles. The van der Waals surface area contributed by atoms with Crippen LogP contribution >= 0.6 is 0 Å². The lowest BCUT2D eigenvalue weighted by Gasteiger charge is -2.31. The molecule has 2 aromatic rings. The van der Waals surface area contributed by atoms with Gasteiger partial charge in [0.15, 0.2) is 6.10 Å². The Morgan fingerprint density at radius 3 is 2.95 bits per heavy atom. The molecule has 1 aliphatic rings. The van der Waals surface area contributed by atoms with E-state index in [1.54, 1.807) is 24.3 Å². The van der Waals surface area contributed by atoms with Crippen LogP contribution in [0.5, 0.6) is 0 Å². The molecule has 9 nitrogen and oxygen atoms in total. The third-order valence-electron chi connectivity index (χ3n) is 3.34. The van der Waals surface area contributed by atoms with E-state index in [4.69, 9.17) is 9.84 Å². The Hall–Kier alpha value is -2.81. The van der Waals surface area contributed by atoms with Gasteiger partial charge < -0.3 is 14.7 Å². The number of carboxylic acids is 1. The maximum Gasteiger partial charge on any atom is 0.334 e. The van der Waals surface area contributed by atoms with Crippen LogP contribution in [0.4, 0.5) is 0 Å². The molecule has 1 amide bonds. The van der Waals surface area contributed by atoms with Gasteiger partial charge in [-0.25, -0.2) is 9.48 Å². The topological polar surface area (TPSA) is 110 Å². The summed E-state index contributed by atoms with van der Waals surface area (Å²) in [6.45, 7) is 0.594. The van der Waals surface area contributed by atoms with E-state index in [2.05, 4.69) is 15.5 Å². The van der Waals surface area contributed by atoms with Crippen molar-refractivity contribution in [2.45, 2.75) is 6.10 Å². The Morgan fingerprint density at radius 2 is 2.23 bits per heavy atom. The number of amides is 1. The zero-order valence-electron chi connectivity index (χ0n) is 11.5. The van der Waals surface area contributed by atoms with Gasteiger partial charge in [-0.1, -0.05) is 6.07 Å². The van der Waals surface area contributed by atoms with Gasteiger partial charge in [0.2, 0.25) is 0 Å². The quantitative estimate of drug-likeness (QED) is 0.820. The van der Waals surface area contributed by atoms with Crippen LogP contribution < -0.4 is 0 Å². The number of tetrazole rings is 1. The molecule has 1 atom stereocenters. The number of nitrogens with zero attached hydrogens (tertiary/aromatic N) is 5. The molecule has 1 fully saturated rings. The lowest BCUT2D eigenvalue weighted by atomic mass is 10.1. The van der Waals surface area contributed by atoms with Crippen LogP contribution in [0.25, 0.3) is 5.69 Å². The van der Waals surface area contributed by atoms with E-state index in [-0.39, 0.29) is 19.1 Å². The molecule has 9 heteroatoms. The van der Waals surface area contributed by atoms with Gasteiger partial charge in [-0.15, -0.1) is 5.10 Å². The van der Waals surface area contributed by atoms with Crippen molar-refractivity contribution >= 4 is 11.9 Å². The molecule has 0 bridgehead atoms. The van der Waals surface area contributed by atoms with Crippen molar-refractivity contribution in [3.8, 4) is 5.69 Å². The number of hydrogen-bond donors (Lipinski definition) is 1. The molecule has 1 aromatic carbocycles. The van der Waals surface area contributed by atoms with E-state index in [9.17, 15) is 9.59 Å². The summed E-state index contributed by atoms with van der Waals surface area (Å²) in [4.78, 5) is 25.0. The van der Waals surface area contributed by atoms with Crippen LogP contribution in [0.15, 0.2) is 30.6 Å². The number of aliphatic carboxylic acids is 1. The molecule has 22 heavy (non-hydrogen) atoms. The Bertz CT molecular complexity index is 687. The number of ether oxygens (including phenoxy) is 1. The summed E-state index contributed by atoms with van der Waals surface area (Å²) in [5, 5.41) is 19.9. The number of carboxylic acid groups (broad SMARTS) is 1. The molecule has 0 spiro atoms. The minimum atomic E-state index is -1.07. The monoisotopic (exact) mass is 303 g/mol. The van der Waals surface area contributed by atoms with Crippen molar-refractivity contribution in [1.82, 2.24) is 25.1 Å². The first-order chi connectivity index (χ1) is 10.6. The highest BCUT2D eigenvalue weighted by Crippen LogP contribution is 2.14. The van der Waals surface area contributed by atoms with Crippen molar-refractivity contribution in [2.75, 3.05) is 19.7 Å². The minimum Gasteiger partial charge on any atom is -0.479 e. The van der Waals surface area contributed by atoms with Gasteiger partial charge in [-0.3, -0.25) is 4.79 Å². The molecule has 0 radical (unpaired) electrons. The van der Waals surface area contributed by atoms with Gasteiger partial charge in [0.1, 0.15) is 6.33 Å². The van der Waals surface area contributed by atoms with Crippen molar-refractivity contribution in [2.24, 2.45) is 0 Å². The summed E-state index contributed by atoms with van der Waals surface area (Å²) in [6, 6.07) is 6.82. The number of benzene rings is 1. The minimum absolute atomic E-state index is 0.0310. The van der Waals surface area contributed by atoms with Crippen molar-refractivity contribution < 1.29 is 19.4 Å². The number of carbonyl (C=O) groups excluding carboxylic acids is 1. The van der Waals surface area contributed by atoms with E-state index in [1.807, 2.05) is 0 Å². The molecule has 1 saturated heterocycles. The second-order valence-corrected chi connectivity index (χ2v) is 4.75. The van der Waals surface area contributed by atoms with Crippen LogP contribution in [0.3, 0.4) is 0 Å². The predicted octanol–water partition coefficient (Wildman–Crippen LogP) is -0.412. The number of aromatic nitrogens is 4. The molecule has 1 unspecified atom stereocenters. The first kappa shape index (κ1) is 14.1. The van der Waals surface area contributed by atoms with E-state index in [1.165, 1.54) is 15.9 Å². The molecular formula is C13H13N5O4. The van der Waals surface area contributed by atoms with E-state index in [0.29, 0.717) is 17.8 Å². The summed E-state index contributed by atoms with van der Waals surface area (Å²) in [6.07, 6.45) is 0.444. The van der Waals surface area contributed by atoms with Gasteiger partial charge in [0.05, 0.1) is 18.8 Å². The molecule has 1 aromatic heterocycles. The van der Waals surface area contributed by atoms with E-state index < -0.39 is 12.1 Å². The zero-order valence-corrected chi connectivity index (χ0v) is 11.5. The highest BCUT2D eigenvalue weighted by Gasteiger charge is 2.29. The van der Waals surface area contributed by atoms with Crippen LogP contribution in [-0.2, 0) is 9.53 Å². The standard InChI is InChI=1S/C13H13N5O4/c19-12(17-4-5-22-11(7-17)13(20)21)9-2-1-3-10(6-9)18-8-14-15-16-18/h1-3,6,8,11H,4-5,7H2,(H,20,21). The Morgan fingerprint density at radius 1 is 1.36 bits per heavy atom. The Labute approximate surface area is 125 Å². The van der Waals surface area contributed by atoms with Crippen molar-refractivity contribution in [1.29, 1.82) is 0 Å². The fourth-order valence-corrected chi connectivity index (χ4v) is 2.23. The average molecular weight is 303 g/mol. The third-order valence-corrected chi connectivity index (χ3v) is 3.34. The lowest BCUT2D eigenvalue weighted by Crippen LogP contribution is -2.48. The zero-order chi connectivity index (χ0) is 15.5. The highest BCUT2D eigenvalue weighted by atomic mass is 16.5. The smallest absolute Gasteiger partial charge is 0.334 e. The molecule has 3 rings (SSSR count). The van der Waals surface area contributed by atoms with Crippen molar-refractivity contribution in [3.63, 3.8) is 0 Å². The van der Waals surface area contributed by atoms with Gasteiger partial charge in [0.25, 0.3) is 5.91 Å². The van der Waals surface area contributed by atoms with Gasteiger partial charge in [-0.2, -0.15) is 0 Å². The molecule has 0 saturated carbocycles. The fourth-order valence-electron chi connectivity index (χ4n) is 2.23. The first-order valence-corrected chi connectivity index (χ1v) is 6.62. The summed E-state index contributed by atoms with van der Waals surface area (Å²) >= 11 is 0. The number of rotatable bonds is 3. The summed E-state index contributed by atoms with van der Waals surface area (Å²) < 4.78 is 6.55. The maximum absolute atomic E-state index is 12.5. The van der Waals surface area contributed by atoms with Crippen LogP contribution in [-0.4, -0.2) is 67.9 Å². The number of hydrogen-bond acceptors (Lipinski definition) is 6. The average Bonchev–Trinajstić information content (AvgIpc) is 3.09. The van der Waals surface area contributed by atoms with Crippen LogP contribution in [0.1, 0.15) is 10.4 Å². The summed E-state index contributed by atoms with van der Waals surface area (Å²) in [5.74, 6) is -1.32. The largest absolute Gasteiger partial charge is 0.479 e. The maximum atomic E-state index is 12.5. The van der Waals surface area contributed by atoms with Gasteiger partial charge >= 0.3 is 5.97 Å². The van der Waals surface area contributed by atoms with Crippen molar-refractivity contribution in [3.05, 3.63) is 36.2 Å². The summed E-state index contributed by atoms with van der Waals surface area (Å²) in [5.41, 5.74) is 1.10. The molecule has 114 valence electrons. The third kappa shape index (κ3) is 2.79. The highest BCUT2D eigenvalue weighted by molar-refractivity contribution is 5.95.